The lowest BCUT2D eigenvalue weighted by molar-refractivity contribution is 0.226. The molecule has 0 radical (unpaired) electrons. The monoisotopic (exact) mass is 331 g/mol. The number of hydrogen-bond donors (Lipinski definition) is 0. The van der Waals surface area contributed by atoms with Gasteiger partial charge in [0, 0.05) is 19.0 Å². The summed E-state index contributed by atoms with van der Waals surface area (Å²) in [6, 6.07) is 0. The standard InChI is InChI=1S/C17H25N5O2/c1-12-13(2)23-16(18-12)11-22-7-3-6-21(8-9-22)10-15-19-17(24-20-15)14-4-5-14/h14H,3-11H2,1-2H3. The Balaban J connectivity index is 1.30. The Labute approximate surface area is 142 Å². The molecule has 0 aromatic carbocycles. The van der Waals surface area contributed by atoms with Crippen molar-refractivity contribution in [3.05, 3.63) is 29.1 Å². The highest BCUT2D eigenvalue weighted by molar-refractivity contribution is 5.05. The summed E-state index contributed by atoms with van der Waals surface area (Å²) in [5.74, 6) is 3.93. The van der Waals surface area contributed by atoms with E-state index in [0.717, 1.165) is 74.7 Å². The summed E-state index contributed by atoms with van der Waals surface area (Å²) >= 11 is 0. The van der Waals surface area contributed by atoms with Crippen molar-refractivity contribution in [3.63, 3.8) is 0 Å². The maximum atomic E-state index is 5.71. The van der Waals surface area contributed by atoms with Crippen molar-refractivity contribution in [3.8, 4) is 0 Å². The summed E-state index contributed by atoms with van der Waals surface area (Å²) in [6.45, 7) is 9.67. The van der Waals surface area contributed by atoms with Crippen molar-refractivity contribution in [1.29, 1.82) is 0 Å². The second-order valence-electron chi connectivity index (χ2n) is 6.98. The molecule has 3 heterocycles. The van der Waals surface area contributed by atoms with Crippen LogP contribution in [0.4, 0.5) is 0 Å². The first kappa shape index (κ1) is 15.8. The predicted molar refractivity (Wildman–Crippen MR) is 87.4 cm³/mol. The van der Waals surface area contributed by atoms with Crippen LogP contribution in [-0.2, 0) is 13.1 Å². The molecule has 2 aliphatic rings. The molecule has 0 amide bonds. The second-order valence-corrected chi connectivity index (χ2v) is 6.98. The van der Waals surface area contributed by atoms with Gasteiger partial charge >= 0.3 is 0 Å². The Bertz CT molecular complexity index is 671. The average Bonchev–Trinajstić information content (AvgIpc) is 3.27. The minimum atomic E-state index is 0.526. The fourth-order valence-electron chi connectivity index (χ4n) is 3.17. The van der Waals surface area contributed by atoms with E-state index < -0.39 is 0 Å². The number of rotatable bonds is 5. The molecule has 2 aromatic heterocycles. The number of aryl methyl sites for hydroxylation is 2. The van der Waals surface area contributed by atoms with Gasteiger partial charge in [0.15, 0.2) is 5.82 Å². The molecule has 4 rings (SSSR count). The summed E-state index contributed by atoms with van der Waals surface area (Å²) in [6.07, 6.45) is 3.52. The van der Waals surface area contributed by atoms with Crippen molar-refractivity contribution in [2.24, 2.45) is 0 Å². The van der Waals surface area contributed by atoms with Crippen LogP contribution >= 0.6 is 0 Å². The van der Waals surface area contributed by atoms with E-state index in [1.165, 1.54) is 12.8 Å². The molecule has 24 heavy (non-hydrogen) atoms. The van der Waals surface area contributed by atoms with Crippen LogP contribution in [0, 0.1) is 13.8 Å². The second kappa shape index (κ2) is 6.64. The number of aromatic nitrogens is 3. The van der Waals surface area contributed by atoms with Crippen LogP contribution in [0.15, 0.2) is 8.94 Å². The van der Waals surface area contributed by atoms with E-state index in [4.69, 9.17) is 8.94 Å². The Kier molecular flexibility index (Phi) is 4.37. The van der Waals surface area contributed by atoms with Gasteiger partial charge in [-0.15, -0.1) is 0 Å². The minimum absolute atomic E-state index is 0.526. The molecular formula is C17H25N5O2. The molecule has 2 fully saturated rings. The first-order chi connectivity index (χ1) is 11.7. The van der Waals surface area contributed by atoms with Crippen molar-refractivity contribution in [2.45, 2.75) is 52.1 Å². The maximum absolute atomic E-state index is 5.71. The minimum Gasteiger partial charge on any atom is -0.444 e. The van der Waals surface area contributed by atoms with Crippen molar-refractivity contribution < 1.29 is 8.94 Å². The third-order valence-corrected chi connectivity index (χ3v) is 4.89. The number of hydrogen-bond acceptors (Lipinski definition) is 7. The van der Waals surface area contributed by atoms with Gasteiger partial charge in [0.1, 0.15) is 5.76 Å². The van der Waals surface area contributed by atoms with Gasteiger partial charge in [-0.3, -0.25) is 9.80 Å². The molecule has 0 bridgehead atoms. The largest absolute Gasteiger partial charge is 0.444 e. The summed E-state index contributed by atoms with van der Waals surface area (Å²) in [4.78, 5) is 13.9. The van der Waals surface area contributed by atoms with Gasteiger partial charge < -0.3 is 8.94 Å². The molecule has 1 aliphatic carbocycles. The highest BCUT2D eigenvalue weighted by Crippen LogP contribution is 2.38. The van der Waals surface area contributed by atoms with Gasteiger partial charge in [-0.2, -0.15) is 4.98 Å². The van der Waals surface area contributed by atoms with Crippen molar-refractivity contribution in [1.82, 2.24) is 24.9 Å². The first-order valence-electron chi connectivity index (χ1n) is 8.87. The molecule has 130 valence electrons. The Morgan fingerprint density at radius 2 is 1.75 bits per heavy atom. The normalized spacial score (nSPS) is 20.4. The van der Waals surface area contributed by atoms with Crippen LogP contribution < -0.4 is 0 Å². The Morgan fingerprint density at radius 3 is 2.42 bits per heavy atom. The molecule has 1 saturated carbocycles. The zero-order valence-corrected chi connectivity index (χ0v) is 14.5. The van der Waals surface area contributed by atoms with Gasteiger partial charge in [0.25, 0.3) is 0 Å². The molecule has 1 saturated heterocycles. The molecule has 0 unspecified atom stereocenters. The van der Waals surface area contributed by atoms with E-state index in [9.17, 15) is 0 Å². The van der Waals surface area contributed by atoms with Gasteiger partial charge in [0.05, 0.1) is 18.8 Å². The summed E-state index contributed by atoms with van der Waals surface area (Å²) in [5, 5.41) is 4.13. The van der Waals surface area contributed by atoms with E-state index in [1.807, 2.05) is 13.8 Å². The highest BCUT2D eigenvalue weighted by atomic mass is 16.5. The summed E-state index contributed by atoms with van der Waals surface area (Å²) < 4.78 is 11.1. The van der Waals surface area contributed by atoms with Crippen LogP contribution in [0.5, 0.6) is 0 Å². The predicted octanol–water partition coefficient (Wildman–Crippen LogP) is 2.26. The third-order valence-electron chi connectivity index (χ3n) is 4.89. The van der Waals surface area contributed by atoms with E-state index in [2.05, 4.69) is 24.9 Å². The lowest BCUT2D eigenvalue weighted by atomic mass is 10.3. The maximum Gasteiger partial charge on any atom is 0.229 e. The van der Waals surface area contributed by atoms with Crippen molar-refractivity contribution in [2.75, 3.05) is 26.2 Å². The molecule has 2 aromatic rings. The quantitative estimate of drug-likeness (QED) is 0.832. The highest BCUT2D eigenvalue weighted by Gasteiger charge is 2.30. The van der Waals surface area contributed by atoms with Crippen LogP contribution in [0.1, 0.15) is 54.2 Å². The zero-order valence-electron chi connectivity index (χ0n) is 14.5. The van der Waals surface area contributed by atoms with E-state index in [-0.39, 0.29) is 0 Å². The molecule has 0 atom stereocenters. The first-order valence-corrected chi connectivity index (χ1v) is 8.87. The van der Waals surface area contributed by atoms with Gasteiger partial charge in [-0.05, 0) is 46.2 Å². The van der Waals surface area contributed by atoms with Crippen LogP contribution in [-0.4, -0.2) is 51.1 Å². The van der Waals surface area contributed by atoms with Gasteiger partial charge in [-0.25, -0.2) is 4.98 Å². The summed E-state index contributed by atoms with van der Waals surface area (Å²) in [7, 11) is 0. The fourth-order valence-corrected chi connectivity index (χ4v) is 3.17. The number of nitrogens with zero attached hydrogens (tertiary/aromatic N) is 5. The third kappa shape index (κ3) is 3.67. The fraction of sp³-hybridized carbons (Fsp3) is 0.706. The zero-order chi connectivity index (χ0) is 16.5. The molecule has 0 spiro atoms. The van der Waals surface area contributed by atoms with Crippen LogP contribution in [0.25, 0.3) is 0 Å². The van der Waals surface area contributed by atoms with Gasteiger partial charge in [-0.1, -0.05) is 5.16 Å². The Morgan fingerprint density at radius 1 is 1.00 bits per heavy atom. The van der Waals surface area contributed by atoms with E-state index in [1.54, 1.807) is 0 Å². The van der Waals surface area contributed by atoms with Gasteiger partial charge in [0.2, 0.25) is 11.8 Å². The van der Waals surface area contributed by atoms with E-state index >= 15 is 0 Å². The average molecular weight is 331 g/mol. The Hall–Kier alpha value is -1.73. The summed E-state index contributed by atoms with van der Waals surface area (Å²) in [5.41, 5.74) is 0.991. The molecular weight excluding hydrogens is 306 g/mol. The molecule has 7 nitrogen and oxygen atoms in total. The molecule has 1 aliphatic heterocycles. The lowest BCUT2D eigenvalue weighted by Crippen LogP contribution is -2.30. The molecule has 0 N–H and O–H groups in total. The SMILES string of the molecule is Cc1nc(CN2CCCN(Cc3noc(C4CC4)n3)CC2)oc1C. The molecule has 7 heteroatoms. The smallest absolute Gasteiger partial charge is 0.229 e. The number of oxazole rings is 1. The van der Waals surface area contributed by atoms with E-state index in [0.29, 0.717) is 5.92 Å². The van der Waals surface area contributed by atoms with Crippen molar-refractivity contribution >= 4 is 0 Å². The topological polar surface area (TPSA) is 71.4 Å². The van der Waals surface area contributed by atoms with Crippen LogP contribution in [0.2, 0.25) is 0 Å². The lowest BCUT2D eigenvalue weighted by Gasteiger charge is -2.19. The van der Waals surface area contributed by atoms with Crippen LogP contribution in [0.3, 0.4) is 0 Å².